The van der Waals surface area contributed by atoms with Crippen LogP contribution in [-0.2, 0) is 15.0 Å². The Kier molecular flexibility index (Phi) is 5.64. The molecule has 0 radical (unpaired) electrons. The molecule has 0 spiro atoms. The van der Waals surface area contributed by atoms with E-state index in [0.29, 0.717) is 10.1 Å². The predicted octanol–water partition coefficient (Wildman–Crippen LogP) is 1.94. The zero-order chi connectivity index (χ0) is 18.8. The summed E-state index contributed by atoms with van der Waals surface area (Å²) in [6, 6.07) is 7.79. The molecule has 0 saturated carbocycles. The van der Waals surface area contributed by atoms with E-state index < -0.39 is 16.1 Å². The van der Waals surface area contributed by atoms with Gasteiger partial charge in [0.25, 0.3) is 5.91 Å². The van der Waals surface area contributed by atoms with E-state index in [1.165, 1.54) is 14.1 Å². The molecule has 0 aromatic heterocycles. The maximum absolute atomic E-state index is 12.5. The molecule has 2 rings (SSSR count). The van der Waals surface area contributed by atoms with Crippen LogP contribution in [0.15, 0.2) is 34.9 Å². The van der Waals surface area contributed by atoms with Gasteiger partial charge in [0.05, 0.1) is 11.3 Å². The Hall–Kier alpha value is -2.19. The van der Waals surface area contributed by atoms with E-state index in [0.717, 1.165) is 28.6 Å². The zero-order valence-corrected chi connectivity index (χ0v) is 16.0. The first-order valence-electron chi connectivity index (χ1n) is 8.11. The van der Waals surface area contributed by atoms with Crippen molar-refractivity contribution in [3.05, 3.63) is 35.4 Å². The van der Waals surface area contributed by atoms with Crippen LogP contribution in [0.25, 0.3) is 6.08 Å². The summed E-state index contributed by atoms with van der Waals surface area (Å²) in [7, 11) is -1.20. The number of carbonyl (C=O) groups is 1. The smallest absolute Gasteiger partial charge is 0.325 e. The number of nitrogens with zero attached hydrogens (tertiary/aromatic N) is 4. The van der Waals surface area contributed by atoms with Gasteiger partial charge < -0.3 is 4.90 Å². The highest BCUT2D eigenvalue weighted by Gasteiger charge is 2.37. The van der Waals surface area contributed by atoms with E-state index >= 15 is 0 Å². The number of benzene rings is 1. The molecule has 7 nitrogen and oxygen atoms in total. The fourth-order valence-electron chi connectivity index (χ4n) is 2.51. The molecular formula is C17H24N4O3S. The Morgan fingerprint density at radius 2 is 1.68 bits per heavy atom. The van der Waals surface area contributed by atoms with Crippen LogP contribution in [-0.4, -0.2) is 55.9 Å². The SMILES string of the molecule is CCN(CC)c1ccc(/C=C2\C(=O)N(S(=O)(=O)N(C)C)N=C2C)cc1. The van der Waals surface area contributed by atoms with Crippen LogP contribution < -0.4 is 4.90 Å². The summed E-state index contributed by atoms with van der Waals surface area (Å²) in [5, 5.41) is 3.91. The number of anilines is 1. The third-order valence-corrected chi connectivity index (χ3v) is 5.65. The molecule has 1 amide bonds. The van der Waals surface area contributed by atoms with E-state index in [9.17, 15) is 13.2 Å². The second-order valence-corrected chi connectivity index (χ2v) is 7.82. The van der Waals surface area contributed by atoms with E-state index in [-0.39, 0.29) is 5.57 Å². The maximum Gasteiger partial charge on any atom is 0.325 e. The number of rotatable bonds is 6. The third-order valence-electron chi connectivity index (χ3n) is 4.05. The van der Waals surface area contributed by atoms with E-state index in [1.54, 1.807) is 13.0 Å². The second kappa shape index (κ2) is 7.37. The van der Waals surface area contributed by atoms with Crippen LogP contribution in [0, 0.1) is 0 Å². The predicted molar refractivity (Wildman–Crippen MR) is 101 cm³/mol. The fourth-order valence-corrected chi connectivity index (χ4v) is 3.35. The van der Waals surface area contributed by atoms with Crippen LogP contribution in [0.4, 0.5) is 5.69 Å². The highest BCUT2D eigenvalue weighted by molar-refractivity contribution is 7.87. The molecule has 0 unspecified atom stereocenters. The number of carbonyl (C=O) groups excluding carboxylic acids is 1. The van der Waals surface area contributed by atoms with Crippen LogP contribution in [0.1, 0.15) is 26.3 Å². The quantitative estimate of drug-likeness (QED) is 0.723. The molecule has 0 fully saturated rings. The van der Waals surface area contributed by atoms with Gasteiger partial charge in [-0.05, 0) is 44.5 Å². The highest BCUT2D eigenvalue weighted by Crippen LogP contribution is 2.23. The Labute approximate surface area is 149 Å². The summed E-state index contributed by atoms with van der Waals surface area (Å²) in [6.45, 7) is 7.64. The molecule has 1 aliphatic heterocycles. The van der Waals surface area contributed by atoms with Crippen molar-refractivity contribution in [2.24, 2.45) is 5.10 Å². The minimum atomic E-state index is -3.93. The molecule has 1 aromatic carbocycles. The lowest BCUT2D eigenvalue weighted by Gasteiger charge is -2.20. The average molecular weight is 364 g/mol. The largest absolute Gasteiger partial charge is 0.372 e. The molecule has 25 heavy (non-hydrogen) atoms. The third kappa shape index (κ3) is 3.74. The van der Waals surface area contributed by atoms with Crippen LogP contribution in [0.3, 0.4) is 0 Å². The van der Waals surface area contributed by atoms with Gasteiger partial charge >= 0.3 is 10.2 Å². The van der Waals surface area contributed by atoms with Crippen molar-refractivity contribution in [1.29, 1.82) is 0 Å². The van der Waals surface area contributed by atoms with Crippen molar-refractivity contribution in [3.8, 4) is 0 Å². The van der Waals surface area contributed by atoms with E-state index in [1.807, 2.05) is 24.3 Å². The normalized spacial score (nSPS) is 16.7. The molecule has 1 heterocycles. The molecule has 8 heteroatoms. The Morgan fingerprint density at radius 1 is 1.12 bits per heavy atom. The maximum atomic E-state index is 12.5. The van der Waals surface area contributed by atoms with Gasteiger partial charge in [-0.2, -0.15) is 17.8 Å². The Morgan fingerprint density at radius 3 is 2.16 bits per heavy atom. The summed E-state index contributed by atoms with van der Waals surface area (Å²) in [6.07, 6.45) is 1.67. The monoisotopic (exact) mass is 364 g/mol. The minimum absolute atomic E-state index is 0.279. The summed E-state index contributed by atoms with van der Waals surface area (Å²) in [5.41, 5.74) is 2.58. The van der Waals surface area contributed by atoms with Crippen LogP contribution in [0.5, 0.6) is 0 Å². The van der Waals surface area contributed by atoms with Gasteiger partial charge in [-0.25, -0.2) is 0 Å². The molecule has 0 aliphatic carbocycles. The zero-order valence-electron chi connectivity index (χ0n) is 15.2. The lowest BCUT2D eigenvalue weighted by molar-refractivity contribution is -0.121. The molecule has 1 aliphatic rings. The topological polar surface area (TPSA) is 73.3 Å². The highest BCUT2D eigenvalue weighted by atomic mass is 32.2. The average Bonchev–Trinajstić information content (AvgIpc) is 2.86. The standard InChI is InChI=1S/C17H24N4O3S/c1-6-20(7-2)15-10-8-14(9-11-15)12-16-13(3)18-21(17(16)22)25(23,24)19(4)5/h8-12H,6-7H2,1-5H3/b16-12-. The molecule has 0 atom stereocenters. The molecule has 0 bridgehead atoms. The van der Waals surface area contributed by atoms with Crippen molar-refractivity contribution in [3.63, 3.8) is 0 Å². The number of hydrogen-bond acceptors (Lipinski definition) is 5. The van der Waals surface area contributed by atoms with E-state index in [4.69, 9.17) is 0 Å². The molecule has 1 aromatic rings. The number of amides is 1. The fraction of sp³-hybridized carbons (Fsp3) is 0.412. The van der Waals surface area contributed by atoms with Crippen LogP contribution in [0.2, 0.25) is 0 Å². The number of hydrazone groups is 1. The summed E-state index contributed by atoms with van der Waals surface area (Å²) >= 11 is 0. The van der Waals surface area contributed by atoms with Gasteiger partial charge in [0.1, 0.15) is 0 Å². The Balaban J connectivity index is 2.30. The molecular weight excluding hydrogens is 340 g/mol. The second-order valence-electron chi connectivity index (χ2n) is 5.85. The van der Waals surface area contributed by atoms with Crippen molar-refractivity contribution < 1.29 is 13.2 Å². The summed E-state index contributed by atoms with van der Waals surface area (Å²) in [5.74, 6) is -0.640. The van der Waals surface area contributed by atoms with Gasteiger partial charge in [-0.15, -0.1) is 4.41 Å². The van der Waals surface area contributed by atoms with Crippen molar-refractivity contribution in [1.82, 2.24) is 8.72 Å². The van der Waals surface area contributed by atoms with E-state index in [2.05, 4.69) is 23.8 Å². The first-order valence-corrected chi connectivity index (χ1v) is 9.51. The molecule has 0 N–H and O–H groups in total. The lowest BCUT2D eigenvalue weighted by atomic mass is 10.1. The first kappa shape index (κ1) is 19.1. The van der Waals surface area contributed by atoms with Gasteiger partial charge in [-0.1, -0.05) is 12.1 Å². The van der Waals surface area contributed by atoms with Gasteiger partial charge in [-0.3, -0.25) is 4.79 Å². The number of hydrogen-bond donors (Lipinski definition) is 0. The first-order chi connectivity index (χ1) is 11.7. The summed E-state index contributed by atoms with van der Waals surface area (Å²) in [4.78, 5) is 14.7. The van der Waals surface area contributed by atoms with Gasteiger partial charge in [0, 0.05) is 32.9 Å². The Bertz CT molecular complexity index is 807. The van der Waals surface area contributed by atoms with Gasteiger partial charge in [0.15, 0.2) is 0 Å². The van der Waals surface area contributed by atoms with Crippen molar-refractivity contribution in [2.45, 2.75) is 20.8 Å². The minimum Gasteiger partial charge on any atom is -0.372 e. The summed E-state index contributed by atoms with van der Waals surface area (Å²) < 4.78 is 25.8. The lowest BCUT2D eigenvalue weighted by Crippen LogP contribution is -2.38. The van der Waals surface area contributed by atoms with Crippen molar-refractivity contribution in [2.75, 3.05) is 32.1 Å². The van der Waals surface area contributed by atoms with Crippen LogP contribution >= 0.6 is 0 Å². The van der Waals surface area contributed by atoms with Crippen molar-refractivity contribution >= 4 is 33.6 Å². The molecule has 136 valence electrons. The van der Waals surface area contributed by atoms with Gasteiger partial charge in [0.2, 0.25) is 0 Å². The molecule has 0 saturated heterocycles.